The smallest absolute Gasteiger partial charge is 0.227 e. The molecule has 0 amide bonds. The first-order valence-electron chi connectivity index (χ1n) is 3.40. The fourth-order valence-corrected chi connectivity index (χ4v) is 0.949. The van der Waals surface area contributed by atoms with Gasteiger partial charge >= 0.3 is 0 Å². The Bertz CT molecular complexity index is 288. The molecule has 0 radical (unpaired) electrons. The average Bonchev–Trinajstić information content (AvgIpc) is 2.03. The number of methoxy groups -OCH3 is 1. The minimum Gasteiger partial charge on any atom is -0.481 e. The standard InChI is InChI=1S/C8H8ClNO2/c1-12-8-4-2-3-6(10-8)5-7(9)11/h2-4H,5H2,1H3. The van der Waals surface area contributed by atoms with Crippen LogP contribution in [0.1, 0.15) is 5.69 Å². The highest BCUT2D eigenvalue weighted by atomic mass is 35.5. The van der Waals surface area contributed by atoms with E-state index in [4.69, 9.17) is 16.3 Å². The second kappa shape index (κ2) is 4.07. The van der Waals surface area contributed by atoms with Gasteiger partial charge in [0.2, 0.25) is 11.1 Å². The van der Waals surface area contributed by atoms with Gasteiger partial charge in [-0.25, -0.2) is 4.98 Å². The van der Waals surface area contributed by atoms with Crippen molar-refractivity contribution in [3.05, 3.63) is 23.9 Å². The van der Waals surface area contributed by atoms with Gasteiger partial charge in [0.05, 0.1) is 19.2 Å². The molecule has 64 valence electrons. The van der Waals surface area contributed by atoms with Crippen molar-refractivity contribution in [3.63, 3.8) is 0 Å². The van der Waals surface area contributed by atoms with Crippen molar-refractivity contribution >= 4 is 16.8 Å². The molecule has 1 aromatic heterocycles. The molecule has 0 aliphatic carbocycles. The number of hydrogen-bond acceptors (Lipinski definition) is 3. The summed E-state index contributed by atoms with van der Waals surface area (Å²) in [5, 5.41) is -0.421. The molecule has 4 heteroatoms. The normalized spacial score (nSPS) is 9.50. The Balaban J connectivity index is 2.79. The van der Waals surface area contributed by atoms with Crippen molar-refractivity contribution in [2.75, 3.05) is 7.11 Å². The third-order valence-corrected chi connectivity index (χ3v) is 1.44. The van der Waals surface area contributed by atoms with Crippen LogP contribution in [0.4, 0.5) is 0 Å². The molecule has 0 bridgehead atoms. The van der Waals surface area contributed by atoms with Crippen LogP contribution in [0.15, 0.2) is 18.2 Å². The zero-order valence-corrected chi connectivity index (χ0v) is 7.34. The first-order chi connectivity index (χ1) is 5.72. The van der Waals surface area contributed by atoms with Gasteiger partial charge in [0.1, 0.15) is 0 Å². The zero-order chi connectivity index (χ0) is 8.97. The largest absolute Gasteiger partial charge is 0.481 e. The van der Waals surface area contributed by atoms with E-state index in [2.05, 4.69) is 4.98 Å². The van der Waals surface area contributed by atoms with Crippen molar-refractivity contribution in [2.24, 2.45) is 0 Å². The average molecular weight is 186 g/mol. The van der Waals surface area contributed by atoms with Gasteiger partial charge in [-0.15, -0.1) is 0 Å². The summed E-state index contributed by atoms with van der Waals surface area (Å²) in [4.78, 5) is 14.5. The minimum absolute atomic E-state index is 0.138. The van der Waals surface area contributed by atoms with Crippen LogP contribution in [0, 0.1) is 0 Å². The first-order valence-corrected chi connectivity index (χ1v) is 3.78. The van der Waals surface area contributed by atoms with Crippen LogP contribution in [0.2, 0.25) is 0 Å². The van der Waals surface area contributed by atoms with E-state index in [-0.39, 0.29) is 6.42 Å². The van der Waals surface area contributed by atoms with Gasteiger partial charge in [-0.05, 0) is 17.7 Å². The molecule has 1 aromatic rings. The summed E-state index contributed by atoms with van der Waals surface area (Å²) in [5.41, 5.74) is 0.620. The van der Waals surface area contributed by atoms with Crippen LogP contribution in [-0.4, -0.2) is 17.3 Å². The van der Waals surface area contributed by atoms with Gasteiger partial charge in [0.25, 0.3) is 0 Å². The number of carbonyl (C=O) groups excluding carboxylic acids is 1. The lowest BCUT2D eigenvalue weighted by Crippen LogP contribution is -1.97. The number of nitrogens with zero attached hydrogens (tertiary/aromatic N) is 1. The molecule has 0 N–H and O–H groups in total. The zero-order valence-electron chi connectivity index (χ0n) is 6.58. The molecule has 0 atom stereocenters. The highest BCUT2D eigenvalue weighted by Gasteiger charge is 2.01. The van der Waals surface area contributed by atoms with E-state index in [1.54, 1.807) is 18.2 Å². The lowest BCUT2D eigenvalue weighted by molar-refractivity contribution is -0.111. The summed E-state index contributed by atoms with van der Waals surface area (Å²) in [6.45, 7) is 0. The molecular formula is C8H8ClNO2. The molecule has 0 aliphatic heterocycles. The van der Waals surface area contributed by atoms with Crippen molar-refractivity contribution in [2.45, 2.75) is 6.42 Å². The Morgan fingerprint density at radius 1 is 1.67 bits per heavy atom. The number of pyridine rings is 1. The second-order valence-electron chi connectivity index (χ2n) is 2.20. The molecule has 0 spiro atoms. The van der Waals surface area contributed by atoms with Gasteiger partial charge in [0, 0.05) is 6.07 Å². The van der Waals surface area contributed by atoms with Crippen LogP contribution >= 0.6 is 11.6 Å². The molecular weight excluding hydrogens is 178 g/mol. The molecule has 1 rings (SSSR count). The fraction of sp³-hybridized carbons (Fsp3) is 0.250. The first kappa shape index (κ1) is 9.00. The van der Waals surface area contributed by atoms with Gasteiger partial charge in [-0.1, -0.05) is 6.07 Å². The van der Waals surface area contributed by atoms with E-state index in [0.717, 1.165) is 0 Å². The number of rotatable bonds is 3. The summed E-state index contributed by atoms with van der Waals surface area (Å²) in [5.74, 6) is 0.491. The van der Waals surface area contributed by atoms with Crippen LogP contribution in [0.5, 0.6) is 5.88 Å². The van der Waals surface area contributed by atoms with Crippen LogP contribution in [0.3, 0.4) is 0 Å². The predicted molar refractivity (Wildman–Crippen MR) is 45.4 cm³/mol. The molecule has 0 saturated carbocycles. The second-order valence-corrected chi connectivity index (χ2v) is 2.62. The maximum Gasteiger partial charge on any atom is 0.227 e. The summed E-state index contributed by atoms with van der Waals surface area (Å²) in [7, 11) is 1.52. The van der Waals surface area contributed by atoms with Gasteiger partial charge < -0.3 is 4.74 Å². The van der Waals surface area contributed by atoms with E-state index in [9.17, 15) is 4.79 Å². The summed E-state index contributed by atoms with van der Waals surface area (Å²) in [6.07, 6.45) is 0.138. The Morgan fingerprint density at radius 2 is 2.42 bits per heavy atom. The minimum atomic E-state index is -0.421. The van der Waals surface area contributed by atoms with E-state index < -0.39 is 5.24 Å². The number of carbonyl (C=O) groups is 1. The summed E-state index contributed by atoms with van der Waals surface area (Å²) in [6, 6.07) is 5.20. The van der Waals surface area contributed by atoms with Crippen molar-refractivity contribution in [3.8, 4) is 5.88 Å². The maximum absolute atomic E-state index is 10.5. The number of halogens is 1. The predicted octanol–water partition coefficient (Wildman–Crippen LogP) is 1.40. The highest BCUT2D eigenvalue weighted by molar-refractivity contribution is 6.63. The van der Waals surface area contributed by atoms with Gasteiger partial charge in [-0.2, -0.15) is 0 Å². The molecule has 0 unspecified atom stereocenters. The summed E-state index contributed by atoms with van der Waals surface area (Å²) >= 11 is 5.19. The number of hydrogen-bond donors (Lipinski definition) is 0. The van der Waals surface area contributed by atoms with Crippen LogP contribution in [-0.2, 0) is 11.2 Å². The molecule has 0 fully saturated rings. The van der Waals surface area contributed by atoms with Crippen molar-refractivity contribution in [1.82, 2.24) is 4.98 Å². The third-order valence-electron chi connectivity index (χ3n) is 1.31. The maximum atomic E-state index is 10.5. The van der Waals surface area contributed by atoms with E-state index in [0.29, 0.717) is 11.6 Å². The monoisotopic (exact) mass is 185 g/mol. The quantitative estimate of drug-likeness (QED) is 0.669. The molecule has 3 nitrogen and oxygen atoms in total. The Morgan fingerprint density at radius 3 is 3.00 bits per heavy atom. The molecule has 0 aromatic carbocycles. The molecule has 1 heterocycles. The van der Waals surface area contributed by atoms with Gasteiger partial charge in [0.15, 0.2) is 0 Å². The fourth-order valence-electron chi connectivity index (χ4n) is 0.812. The number of ether oxygens (including phenoxy) is 1. The highest BCUT2D eigenvalue weighted by Crippen LogP contribution is 2.07. The van der Waals surface area contributed by atoms with E-state index >= 15 is 0 Å². The SMILES string of the molecule is COc1cccc(CC(=O)Cl)n1. The molecule has 0 aliphatic rings. The van der Waals surface area contributed by atoms with E-state index in [1.165, 1.54) is 7.11 Å². The third kappa shape index (κ3) is 2.51. The number of aromatic nitrogens is 1. The topological polar surface area (TPSA) is 39.2 Å². The van der Waals surface area contributed by atoms with Crippen LogP contribution < -0.4 is 4.74 Å². The Labute approximate surface area is 75.3 Å². The van der Waals surface area contributed by atoms with Crippen molar-refractivity contribution < 1.29 is 9.53 Å². The van der Waals surface area contributed by atoms with Gasteiger partial charge in [-0.3, -0.25) is 4.79 Å². The van der Waals surface area contributed by atoms with Crippen LogP contribution in [0.25, 0.3) is 0 Å². The Hall–Kier alpha value is -1.09. The van der Waals surface area contributed by atoms with Crippen molar-refractivity contribution in [1.29, 1.82) is 0 Å². The molecule has 12 heavy (non-hydrogen) atoms. The lowest BCUT2D eigenvalue weighted by Gasteiger charge is -1.99. The Kier molecular flexibility index (Phi) is 3.05. The summed E-state index contributed by atoms with van der Waals surface area (Å²) < 4.78 is 4.87. The lowest BCUT2D eigenvalue weighted by atomic mass is 10.3. The molecule has 0 saturated heterocycles. The van der Waals surface area contributed by atoms with E-state index in [1.807, 2.05) is 0 Å².